The summed E-state index contributed by atoms with van der Waals surface area (Å²) in [7, 11) is 0. The third kappa shape index (κ3) is 8.17. The lowest BCUT2D eigenvalue weighted by Gasteiger charge is -2.30. The number of thiazole rings is 1. The summed E-state index contributed by atoms with van der Waals surface area (Å²) in [4.78, 5) is 28.8. The van der Waals surface area contributed by atoms with E-state index in [-0.39, 0.29) is 11.9 Å². The second kappa shape index (κ2) is 11.7. The number of nitrogens with zero attached hydrogens (tertiary/aromatic N) is 4. The quantitative estimate of drug-likeness (QED) is 0.553. The van der Waals surface area contributed by atoms with Crippen LogP contribution >= 0.6 is 11.3 Å². The van der Waals surface area contributed by atoms with Gasteiger partial charge < -0.3 is 15.0 Å². The Kier molecular flexibility index (Phi) is 8.64. The number of hydrogen-bond donors (Lipinski definition) is 1. The molecule has 2 aromatic rings. The predicted molar refractivity (Wildman–Crippen MR) is 131 cm³/mol. The molecule has 1 aliphatic heterocycles. The standard InChI is InChI=1S/C25H35F2N5O2S/c1-17-28-14-19(15-29-17)13-23(33)30-20-5-3-18(4-6-20)7-10-32-11-8-21-22(9-12-32)35-24(31-21)34-16-25(2,26)27/h14-15,18,20H,3-13,16H2,1-2H3,(H,30,33). The Bertz CT molecular complexity index is 946. The molecule has 0 unspecified atom stereocenters. The molecule has 1 saturated carbocycles. The first kappa shape index (κ1) is 25.9. The van der Waals surface area contributed by atoms with E-state index in [1.807, 2.05) is 6.92 Å². The minimum atomic E-state index is -2.85. The van der Waals surface area contributed by atoms with Gasteiger partial charge in [0.1, 0.15) is 5.82 Å². The maximum Gasteiger partial charge on any atom is 0.278 e. The molecule has 2 aliphatic rings. The van der Waals surface area contributed by atoms with E-state index < -0.39 is 12.5 Å². The average Bonchev–Trinajstić information content (AvgIpc) is 3.11. The molecule has 0 saturated heterocycles. The van der Waals surface area contributed by atoms with Crippen molar-refractivity contribution in [3.63, 3.8) is 0 Å². The first-order valence-corrected chi connectivity index (χ1v) is 13.3. The van der Waals surface area contributed by atoms with Gasteiger partial charge in [-0.15, -0.1) is 0 Å². The van der Waals surface area contributed by atoms with Crippen molar-refractivity contribution in [3.8, 4) is 5.19 Å². The molecule has 0 atom stereocenters. The molecule has 3 heterocycles. The van der Waals surface area contributed by atoms with Crippen LogP contribution in [-0.4, -0.2) is 64.0 Å². The highest BCUT2D eigenvalue weighted by atomic mass is 32.1. The molecule has 7 nitrogen and oxygen atoms in total. The SMILES string of the molecule is Cc1ncc(CC(=O)NC2CCC(CCN3CCc4nc(OCC(C)(F)F)sc4CC3)CC2)cn1. The van der Waals surface area contributed by atoms with Gasteiger partial charge in [0.15, 0.2) is 6.61 Å². The Labute approximate surface area is 209 Å². The smallest absolute Gasteiger partial charge is 0.278 e. The number of nitrogens with one attached hydrogen (secondary N) is 1. The van der Waals surface area contributed by atoms with Crippen molar-refractivity contribution in [1.29, 1.82) is 0 Å². The first-order valence-electron chi connectivity index (χ1n) is 12.5. The topological polar surface area (TPSA) is 80.2 Å². The second-order valence-corrected chi connectivity index (χ2v) is 11.0. The monoisotopic (exact) mass is 507 g/mol. The summed E-state index contributed by atoms with van der Waals surface area (Å²) in [5.74, 6) is -1.40. The van der Waals surface area contributed by atoms with Crippen LogP contribution in [0.1, 0.15) is 61.0 Å². The summed E-state index contributed by atoms with van der Waals surface area (Å²) in [5.41, 5.74) is 1.84. The van der Waals surface area contributed by atoms with Crippen LogP contribution in [0.15, 0.2) is 12.4 Å². The van der Waals surface area contributed by atoms with Crippen molar-refractivity contribution in [2.75, 3.05) is 26.2 Å². The van der Waals surface area contributed by atoms with Crippen LogP contribution in [0.2, 0.25) is 0 Å². The largest absolute Gasteiger partial charge is 0.464 e. The van der Waals surface area contributed by atoms with E-state index in [0.29, 0.717) is 23.4 Å². The van der Waals surface area contributed by atoms with Crippen molar-refractivity contribution in [3.05, 3.63) is 34.4 Å². The second-order valence-electron chi connectivity index (χ2n) is 9.94. The Hall–Kier alpha value is -2.20. The maximum absolute atomic E-state index is 13.0. The van der Waals surface area contributed by atoms with E-state index in [2.05, 4.69) is 25.2 Å². The number of ether oxygens (including phenoxy) is 1. The van der Waals surface area contributed by atoms with Gasteiger partial charge in [-0.1, -0.05) is 11.3 Å². The predicted octanol–water partition coefficient (Wildman–Crippen LogP) is 3.98. The van der Waals surface area contributed by atoms with E-state index >= 15 is 0 Å². The molecule has 0 spiro atoms. The molecule has 1 fully saturated rings. The van der Waals surface area contributed by atoms with Crippen molar-refractivity contribution in [2.24, 2.45) is 5.92 Å². The number of carbonyl (C=O) groups excluding carboxylic acids is 1. The lowest BCUT2D eigenvalue weighted by molar-refractivity contribution is -0.121. The number of hydrogen-bond acceptors (Lipinski definition) is 7. The summed E-state index contributed by atoms with van der Waals surface area (Å²) in [6, 6.07) is 0.259. The number of halogens is 2. The Balaban J connectivity index is 1.13. The van der Waals surface area contributed by atoms with Crippen LogP contribution in [-0.2, 0) is 24.1 Å². The Morgan fingerprint density at radius 3 is 2.63 bits per heavy atom. The zero-order valence-electron chi connectivity index (χ0n) is 20.6. The molecule has 4 rings (SSSR count). The lowest BCUT2D eigenvalue weighted by atomic mass is 9.84. The number of carbonyl (C=O) groups is 1. The number of aromatic nitrogens is 3. The van der Waals surface area contributed by atoms with E-state index in [1.54, 1.807) is 12.4 Å². The number of aryl methyl sites for hydroxylation is 1. The summed E-state index contributed by atoms with van der Waals surface area (Å²) >= 11 is 1.41. The highest BCUT2D eigenvalue weighted by Gasteiger charge is 2.26. The van der Waals surface area contributed by atoms with E-state index in [1.165, 1.54) is 17.8 Å². The average molecular weight is 508 g/mol. The third-order valence-electron chi connectivity index (χ3n) is 6.79. The molecule has 0 bridgehead atoms. The van der Waals surface area contributed by atoms with Crippen LogP contribution in [0, 0.1) is 12.8 Å². The van der Waals surface area contributed by atoms with E-state index in [4.69, 9.17) is 4.74 Å². The van der Waals surface area contributed by atoms with Crippen molar-refractivity contribution >= 4 is 17.2 Å². The molecule has 192 valence electrons. The van der Waals surface area contributed by atoms with Gasteiger partial charge in [0.2, 0.25) is 5.91 Å². The van der Waals surface area contributed by atoms with Gasteiger partial charge in [-0.25, -0.2) is 23.7 Å². The van der Waals surface area contributed by atoms with Gasteiger partial charge in [0.05, 0.1) is 12.1 Å². The summed E-state index contributed by atoms with van der Waals surface area (Å²) < 4.78 is 31.3. The zero-order chi connectivity index (χ0) is 24.8. The van der Waals surface area contributed by atoms with Crippen LogP contribution in [0.25, 0.3) is 0 Å². The number of amides is 1. The fourth-order valence-electron chi connectivity index (χ4n) is 4.79. The minimum Gasteiger partial charge on any atom is -0.464 e. The highest BCUT2D eigenvalue weighted by molar-refractivity contribution is 7.13. The van der Waals surface area contributed by atoms with Crippen molar-refractivity contribution in [2.45, 2.75) is 77.2 Å². The number of fused-ring (bicyclic) bond motifs is 1. The van der Waals surface area contributed by atoms with E-state index in [9.17, 15) is 13.6 Å². The molecule has 2 aromatic heterocycles. The van der Waals surface area contributed by atoms with Crippen molar-refractivity contribution in [1.82, 2.24) is 25.2 Å². The number of alkyl halides is 2. The Morgan fingerprint density at radius 1 is 1.20 bits per heavy atom. The van der Waals surface area contributed by atoms with Gasteiger partial charge in [0.25, 0.3) is 11.1 Å². The molecule has 35 heavy (non-hydrogen) atoms. The fourth-order valence-corrected chi connectivity index (χ4v) is 5.74. The van der Waals surface area contributed by atoms with Gasteiger partial charge in [-0.3, -0.25) is 4.79 Å². The van der Waals surface area contributed by atoms with Crippen LogP contribution in [0.5, 0.6) is 5.19 Å². The van der Waals surface area contributed by atoms with Crippen LogP contribution in [0.3, 0.4) is 0 Å². The molecule has 0 radical (unpaired) electrons. The Morgan fingerprint density at radius 2 is 1.91 bits per heavy atom. The van der Waals surface area contributed by atoms with Crippen molar-refractivity contribution < 1.29 is 18.3 Å². The summed E-state index contributed by atoms with van der Waals surface area (Å²) in [6.45, 7) is 5.03. The fraction of sp³-hybridized carbons (Fsp3) is 0.680. The van der Waals surface area contributed by atoms with E-state index in [0.717, 1.165) is 81.2 Å². The molecular formula is C25H35F2N5O2S. The molecule has 0 aromatic carbocycles. The zero-order valence-corrected chi connectivity index (χ0v) is 21.4. The summed E-state index contributed by atoms with van der Waals surface area (Å²) in [5, 5.41) is 3.54. The van der Waals surface area contributed by atoms with Gasteiger partial charge in [-0.05, 0) is 63.5 Å². The highest BCUT2D eigenvalue weighted by Crippen LogP contribution is 2.30. The van der Waals surface area contributed by atoms with Gasteiger partial charge in [0, 0.05) is 49.7 Å². The maximum atomic E-state index is 13.0. The molecule has 1 amide bonds. The van der Waals surface area contributed by atoms with Gasteiger partial charge >= 0.3 is 0 Å². The minimum absolute atomic E-state index is 0.0449. The number of rotatable bonds is 9. The molecular weight excluding hydrogens is 472 g/mol. The third-order valence-corrected chi connectivity index (χ3v) is 7.86. The van der Waals surface area contributed by atoms with Gasteiger partial charge in [-0.2, -0.15) is 0 Å². The molecule has 10 heteroatoms. The summed E-state index contributed by atoms with van der Waals surface area (Å²) in [6.07, 6.45) is 11.0. The van der Waals surface area contributed by atoms with Crippen LogP contribution < -0.4 is 10.1 Å². The molecule has 1 aliphatic carbocycles. The lowest BCUT2D eigenvalue weighted by Crippen LogP contribution is -2.39. The normalized spacial score (nSPS) is 21.3. The first-order chi connectivity index (χ1) is 16.7. The molecule has 1 N–H and O–H groups in total. The van der Waals surface area contributed by atoms with Crippen LogP contribution in [0.4, 0.5) is 8.78 Å².